The van der Waals surface area contributed by atoms with Crippen LogP contribution < -0.4 is 0 Å². The molecule has 1 aliphatic rings. The largest absolute Gasteiger partial charge is 0.336 e. The van der Waals surface area contributed by atoms with Gasteiger partial charge in [0.1, 0.15) is 0 Å². The molecule has 2 aromatic rings. The van der Waals surface area contributed by atoms with Gasteiger partial charge in [-0.2, -0.15) is 11.3 Å². The maximum Gasteiger partial charge on any atom is 0.253 e. The minimum absolute atomic E-state index is 0.0185. The van der Waals surface area contributed by atoms with E-state index in [0.717, 1.165) is 26.2 Å². The van der Waals surface area contributed by atoms with Crippen molar-refractivity contribution in [3.63, 3.8) is 0 Å². The minimum Gasteiger partial charge on any atom is -0.336 e. The lowest BCUT2D eigenvalue weighted by molar-refractivity contribution is 0.0582. The first-order valence-corrected chi connectivity index (χ1v) is 9.17. The van der Waals surface area contributed by atoms with Crippen molar-refractivity contribution < 1.29 is 9.59 Å². The molecule has 5 heteroatoms. The summed E-state index contributed by atoms with van der Waals surface area (Å²) < 4.78 is 0. The number of benzene rings is 1. The van der Waals surface area contributed by atoms with Crippen molar-refractivity contribution in [3.05, 3.63) is 57.8 Å². The third-order valence-electron chi connectivity index (χ3n) is 4.71. The van der Waals surface area contributed by atoms with Gasteiger partial charge in [0.05, 0.1) is 0 Å². The van der Waals surface area contributed by atoms with Crippen LogP contribution in [0.3, 0.4) is 0 Å². The maximum atomic E-state index is 12.6. The summed E-state index contributed by atoms with van der Waals surface area (Å²) in [4.78, 5) is 28.3. The zero-order chi connectivity index (χ0) is 17.1. The summed E-state index contributed by atoms with van der Waals surface area (Å²) in [5.41, 5.74) is 2.64. The summed E-state index contributed by atoms with van der Waals surface area (Å²) in [6.45, 7) is 7.00. The minimum atomic E-state index is 0.0185. The van der Waals surface area contributed by atoms with Gasteiger partial charge in [0, 0.05) is 43.3 Å². The lowest BCUT2D eigenvalue weighted by atomic mass is 10.1. The van der Waals surface area contributed by atoms with Crippen LogP contribution in [-0.2, 0) is 0 Å². The van der Waals surface area contributed by atoms with Crippen LogP contribution in [0.4, 0.5) is 0 Å². The number of piperazine rings is 1. The molecular weight excluding hydrogens is 320 g/mol. The van der Waals surface area contributed by atoms with Gasteiger partial charge in [-0.3, -0.25) is 14.5 Å². The zero-order valence-electron chi connectivity index (χ0n) is 14.1. The highest BCUT2D eigenvalue weighted by atomic mass is 32.1. The number of carbonyl (C=O) groups excluding carboxylic acids is 2. The fraction of sp³-hybridized carbons (Fsp3) is 0.368. The first kappa shape index (κ1) is 16.9. The van der Waals surface area contributed by atoms with Gasteiger partial charge in [-0.25, -0.2) is 0 Å². The van der Waals surface area contributed by atoms with Crippen molar-refractivity contribution in [2.45, 2.75) is 19.9 Å². The molecular formula is C19H22N2O2S. The summed E-state index contributed by atoms with van der Waals surface area (Å²) in [5.74, 6) is 0.0676. The van der Waals surface area contributed by atoms with E-state index < -0.39 is 0 Å². The Morgan fingerprint density at radius 3 is 2.17 bits per heavy atom. The normalized spacial score (nSPS) is 16.8. The van der Waals surface area contributed by atoms with Crippen molar-refractivity contribution >= 4 is 23.0 Å². The van der Waals surface area contributed by atoms with Crippen molar-refractivity contribution in [1.82, 2.24) is 9.80 Å². The first-order chi connectivity index (χ1) is 11.6. The molecule has 2 heterocycles. The van der Waals surface area contributed by atoms with Crippen molar-refractivity contribution in [3.8, 4) is 0 Å². The zero-order valence-corrected chi connectivity index (χ0v) is 14.9. The van der Waals surface area contributed by atoms with E-state index in [1.54, 1.807) is 35.6 Å². The van der Waals surface area contributed by atoms with E-state index >= 15 is 0 Å². The highest BCUT2D eigenvalue weighted by Gasteiger charge is 2.25. The quantitative estimate of drug-likeness (QED) is 0.799. The first-order valence-electron chi connectivity index (χ1n) is 8.22. The molecule has 1 aromatic heterocycles. The molecule has 0 spiro atoms. The molecule has 3 rings (SSSR count). The Hall–Kier alpha value is -1.98. The monoisotopic (exact) mass is 342 g/mol. The van der Waals surface area contributed by atoms with E-state index in [1.807, 2.05) is 4.90 Å². The summed E-state index contributed by atoms with van der Waals surface area (Å²) >= 11 is 1.72. The van der Waals surface area contributed by atoms with Crippen LogP contribution in [0.5, 0.6) is 0 Å². The Labute approximate surface area is 146 Å². The lowest BCUT2D eigenvalue weighted by Gasteiger charge is -2.38. The van der Waals surface area contributed by atoms with Gasteiger partial charge in [-0.15, -0.1) is 0 Å². The fourth-order valence-corrected chi connectivity index (χ4v) is 3.81. The number of carbonyl (C=O) groups is 2. The molecule has 24 heavy (non-hydrogen) atoms. The van der Waals surface area contributed by atoms with Gasteiger partial charge < -0.3 is 4.90 Å². The number of amides is 1. The highest BCUT2D eigenvalue weighted by molar-refractivity contribution is 7.07. The van der Waals surface area contributed by atoms with E-state index in [0.29, 0.717) is 17.2 Å². The summed E-state index contributed by atoms with van der Waals surface area (Å²) in [5, 5.41) is 4.30. The molecule has 0 aliphatic carbocycles. The summed E-state index contributed by atoms with van der Waals surface area (Å²) in [6, 6.07) is 9.51. The molecule has 0 saturated carbocycles. The molecule has 1 atom stereocenters. The number of thiophene rings is 1. The molecule has 1 aromatic carbocycles. The van der Waals surface area contributed by atoms with E-state index in [-0.39, 0.29) is 11.7 Å². The third kappa shape index (κ3) is 3.57. The average Bonchev–Trinajstić information content (AvgIpc) is 3.15. The predicted molar refractivity (Wildman–Crippen MR) is 96.7 cm³/mol. The molecule has 0 bridgehead atoms. The van der Waals surface area contributed by atoms with Crippen LogP contribution in [0.15, 0.2) is 41.1 Å². The Balaban J connectivity index is 1.59. The average molecular weight is 342 g/mol. The molecule has 0 radical (unpaired) electrons. The van der Waals surface area contributed by atoms with Crippen LogP contribution in [-0.4, -0.2) is 47.7 Å². The van der Waals surface area contributed by atoms with Crippen molar-refractivity contribution in [2.75, 3.05) is 26.2 Å². The van der Waals surface area contributed by atoms with Gasteiger partial charge in [0.25, 0.3) is 5.91 Å². The fourth-order valence-electron chi connectivity index (χ4n) is 3.07. The second-order valence-corrected chi connectivity index (χ2v) is 6.97. The number of Topliss-reactive ketones (excluding diaryl/α,β-unsaturated/α-hetero) is 1. The van der Waals surface area contributed by atoms with Crippen molar-refractivity contribution in [2.24, 2.45) is 0 Å². The van der Waals surface area contributed by atoms with Crippen LogP contribution in [0, 0.1) is 0 Å². The number of rotatable bonds is 4. The van der Waals surface area contributed by atoms with E-state index in [4.69, 9.17) is 0 Å². The van der Waals surface area contributed by atoms with E-state index in [9.17, 15) is 9.59 Å². The third-order valence-corrected chi connectivity index (χ3v) is 5.41. The Kier molecular flexibility index (Phi) is 5.11. The Morgan fingerprint density at radius 2 is 1.62 bits per heavy atom. The molecule has 4 nitrogen and oxygen atoms in total. The van der Waals surface area contributed by atoms with Gasteiger partial charge in [-0.1, -0.05) is 12.1 Å². The highest BCUT2D eigenvalue weighted by Crippen LogP contribution is 2.24. The van der Waals surface area contributed by atoms with Crippen LogP contribution >= 0.6 is 11.3 Å². The number of nitrogens with zero attached hydrogens (tertiary/aromatic N) is 2. The molecule has 0 N–H and O–H groups in total. The van der Waals surface area contributed by atoms with E-state index in [1.165, 1.54) is 12.5 Å². The number of ketones is 1. The maximum absolute atomic E-state index is 12.6. The van der Waals surface area contributed by atoms with Crippen molar-refractivity contribution in [1.29, 1.82) is 0 Å². The number of hydrogen-bond acceptors (Lipinski definition) is 4. The molecule has 1 aliphatic heterocycles. The SMILES string of the molecule is CC(=O)c1ccc(C(=O)N2CCN(C(C)c3ccsc3)CC2)cc1. The summed E-state index contributed by atoms with van der Waals surface area (Å²) in [6.07, 6.45) is 0. The number of hydrogen-bond donors (Lipinski definition) is 0. The van der Waals surface area contributed by atoms with E-state index in [2.05, 4.69) is 28.7 Å². The Morgan fingerprint density at radius 1 is 1.00 bits per heavy atom. The van der Waals surface area contributed by atoms with Crippen LogP contribution in [0.25, 0.3) is 0 Å². The topological polar surface area (TPSA) is 40.6 Å². The smallest absolute Gasteiger partial charge is 0.253 e. The summed E-state index contributed by atoms with van der Waals surface area (Å²) in [7, 11) is 0. The van der Waals surface area contributed by atoms with Gasteiger partial charge in [0.2, 0.25) is 0 Å². The molecule has 1 unspecified atom stereocenters. The Bertz CT molecular complexity index is 701. The second kappa shape index (κ2) is 7.28. The predicted octanol–water partition coefficient (Wildman–Crippen LogP) is 3.47. The molecule has 1 amide bonds. The van der Waals surface area contributed by atoms with Crippen LogP contribution in [0.2, 0.25) is 0 Å². The standard InChI is InChI=1S/C19H22N2O2S/c1-14(18-7-12-24-13-18)20-8-10-21(11-9-20)19(23)17-5-3-16(4-6-17)15(2)22/h3-7,12-14H,8-11H2,1-2H3. The lowest BCUT2D eigenvalue weighted by Crippen LogP contribution is -2.49. The molecule has 1 saturated heterocycles. The van der Waals surface area contributed by atoms with Gasteiger partial charge >= 0.3 is 0 Å². The molecule has 126 valence electrons. The van der Waals surface area contributed by atoms with Gasteiger partial charge in [-0.05, 0) is 48.4 Å². The molecule has 1 fully saturated rings. The van der Waals surface area contributed by atoms with Gasteiger partial charge in [0.15, 0.2) is 5.78 Å². The van der Waals surface area contributed by atoms with Crippen LogP contribution in [0.1, 0.15) is 46.2 Å². The second-order valence-electron chi connectivity index (χ2n) is 6.19.